The molecule has 0 aliphatic heterocycles. The lowest BCUT2D eigenvalue weighted by molar-refractivity contribution is 1.07. The van der Waals surface area contributed by atoms with Gasteiger partial charge in [-0.05, 0) is 24.0 Å². The molecule has 1 aromatic rings. The molecule has 0 spiro atoms. The van der Waals surface area contributed by atoms with Gasteiger partial charge in [0.2, 0.25) is 0 Å². The van der Waals surface area contributed by atoms with Crippen LogP contribution in [0.4, 0.5) is 0 Å². The number of alkyl halides is 1. The van der Waals surface area contributed by atoms with Crippen molar-refractivity contribution >= 4 is 47.4 Å². The molecule has 0 aliphatic carbocycles. The average molecular weight is 271 g/mol. The summed E-state index contributed by atoms with van der Waals surface area (Å²) < 4.78 is 0. The van der Waals surface area contributed by atoms with Gasteiger partial charge in [-0.3, -0.25) is 4.98 Å². The van der Waals surface area contributed by atoms with Crippen molar-refractivity contribution < 1.29 is 0 Å². The Bertz CT molecular complexity index is 315. The van der Waals surface area contributed by atoms with E-state index in [0.717, 1.165) is 16.2 Å². The quantitative estimate of drug-likeness (QED) is 0.598. The topological polar surface area (TPSA) is 12.9 Å². The Morgan fingerprint density at radius 1 is 1.57 bits per heavy atom. The maximum absolute atomic E-state index is 5.72. The number of nitrogens with zero attached hydrogens (tertiary/aromatic N) is 1. The molecule has 0 unspecified atom stereocenters. The standard InChI is InChI=1S/C9H9Cl2NS.ClH/c1-7-8(6-11)12-4-2-9(7)13-5-3-10;/h2-5H,6H2,1H3;1H. The van der Waals surface area contributed by atoms with Crippen LogP contribution in [0.5, 0.6) is 0 Å². The van der Waals surface area contributed by atoms with Crippen LogP contribution in [0.3, 0.4) is 0 Å². The number of pyridine rings is 1. The third-order valence-electron chi connectivity index (χ3n) is 1.63. The fourth-order valence-corrected chi connectivity index (χ4v) is 1.98. The number of rotatable bonds is 3. The summed E-state index contributed by atoms with van der Waals surface area (Å²) in [6.45, 7) is 2.01. The molecule has 1 nitrogen and oxygen atoms in total. The van der Waals surface area contributed by atoms with Crippen LogP contribution >= 0.6 is 47.4 Å². The van der Waals surface area contributed by atoms with E-state index in [2.05, 4.69) is 4.98 Å². The molecule has 0 saturated heterocycles. The molecule has 0 radical (unpaired) electrons. The van der Waals surface area contributed by atoms with Crippen LogP contribution < -0.4 is 0 Å². The van der Waals surface area contributed by atoms with Crippen molar-refractivity contribution in [2.45, 2.75) is 17.7 Å². The Labute approximate surface area is 104 Å². The second kappa shape index (κ2) is 7.41. The van der Waals surface area contributed by atoms with Gasteiger partial charge in [-0.25, -0.2) is 0 Å². The highest BCUT2D eigenvalue weighted by Crippen LogP contribution is 2.25. The molecule has 78 valence electrons. The summed E-state index contributed by atoms with van der Waals surface area (Å²) >= 11 is 12.7. The lowest BCUT2D eigenvalue weighted by atomic mass is 10.2. The predicted octanol–water partition coefficient (Wildman–Crippen LogP) is 4.35. The van der Waals surface area contributed by atoms with Crippen molar-refractivity contribution in [2.75, 3.05) is 0 Å². The summed E-state index contributed by atoms with van der Waals surface area (Å²) in [6.07, 6.45) is 1.76. The molecular weight excluding hydrogens is 261 g/mol. The first kappa shape index (κ1) is 14.1. The first-order chi connectivity index (χ1) is 6.29. The Balaban J connectivity index is 0.00000169. The molecule has 0 aliphatic rings. The number of hydrogen-bond acceptors (Lipinski definition) is 2. The lowest BCUT2D eigenvalue weighted by Gasteiger charge is -2.04. The van der Waals surface area contributed by atoms with Gasteiger partial charge >= 0.3 is 0 Å². The van der Waals surface area contributed by atoms with Crippen LogP contribution in [-0.4, -0.2) is 4.98 Å². The molecule has 1 aromatic heterocycles. The largest absolute Gasteiger partial charge is 0.260 e. The molecule has 0 atom stereocenters. The Kier molecular flexibility index (Phi) is 7.47. The van der Waals surface area contributed by atoms with Gasteiger partial charge in [-0.2, -0.15) is 0 Å². The van der Waals surface area contributed by atoms with Crippen molar-refractivity contribution in [3.63, 3.8) is 0 Å². The lowest BCUT2D eigenvalue weighted by Crippen LogP contribution is -1.91. The summed E-state index contributed by atoms with van der Waals surface area (Å²) in [7, 11) is 0. The molecule has 0 saturated carbocycles. The van der Waals surface area contributed by atoms with E-state index < -0.39 is 0 Å². The molecule has 1 rings (SSSR count). The number of aromatic nitrogens is 1. The van der Waals surface area contributed by atoms with Crippen LogP contribution in [0, 0.1) is 6.92 Å². The van der Waals surface area contributed by atoms with Gasteiger partial charge in [0.05, 0.1) is 11.6 Å². The van der Waals surface area contributed by atoms with Crippen molar-refractivity contribution in [3.8, 4) is 0 Å². The van der Waals surface area contributed by atoms with E-state index in [4.69, 9.17) is 23.2 Å². The third kappa shape index (κ3) is 3.70. The average Bonchev–Trinajstić information content (AvgIpc) is 2.16. The third-order valence-corrected chi connectivity index (χ3v) is 3.13. The first-order valence-corrected chi connectivity index (χ1v) is 5.57. The van der Waals surface area contributed by atoms with Crippen LogP contribution in [0.25, 0.3) is 0 Å². The van der Waals surface area contributed by atoms with E-state index in [1.165, 1.54) is 5.54 Å². The zero-order valence-electron chi connectivity index (χ0n) is 7.54. The van der Waals surface area contributed by atoms with E-state index >= 15 is 0 Å². The molecule has 0 bridgehead atoms. The van der Waals surface area contributed by atoms with Crippen molar-refractivity contribution in [2.24, 2.45) is 0 Å². The Morgan fingerprint density at radius 3 is 2.86 bits per heavy atom. The smallest absolute Gasteiger partial charge is 0.0650 e. The number of thioether (sulfide) groups is 1. The van der Waals surface area contributed by atoms with E-state index in [0.29, 0.717) is 5.88 Å². The van der Waals surface area contributed by atoms with Crippen LogP contribution in [0.1, 0.15) is 11.3 Å². The number of hydrogen-bond donors (Lipinski definition) is 0. The molecule has 1 heterocycles. The monoisotopic (exact) mass is 269 g/mol. The Hall–Kier alpha value is 0.110. The Morgan fingerprint density at radius 2 is 2.29 bits per heavy atom. The molecule has 0 amide bonds. The molecular formula is C9H10Cl3NS. The van der Waals surface area contributed by atoms with Gasteiger partial charge in [0, 0.05) is 16.6 Å². The van der Waals surface area contributed by atoms with E-state index in [9.17, 15) is 0 Å². The second-order valence-electron chi connectivity index (χ2n) is 2.39. The minimum atomic E-state index is 0. The van der Waals surface area contributed by atoms with Crippen molar-refractivity contribution in [3.05, 3.63) is 34.5 Å². The SMILES string of the molecule is Cc1c(SC=CCl)ccnc1CCl.Cl. The molecule has 5 heteroatoms. The zero-order chi connectivity index (χ0) is 9.68. The minimum absolute atomic E-state index is 0. The maximum Gasteiger partial charge on any atom is 0.0650 e. The molecule has 14 heavy (non-hydrogen) atoms. The van der Waals surface area contributed by atoms with Gasteiger partial charge in [0.25, 0.3) is 0 Å². The minimum Gasteiger partial charge on any atom is -0.260 e. The van der Waals surface area contributed by atoms with Crippen LogP contribution in [0.2, 0.25) is 0 Å². The van der Waals surface area contributed by atoms with E-state index in [1.807, 2.05) is 18.4 Å². The molecule has 0 aromatic carbocycles. The summed E-state index contributed by atoms with van der Waals surface area (Å²) in [5.74, 6) is 0.449. The van der Waals surface area contributed by atoms with Crippen molar-refractivity contribution in [1.82, 2.24) is 4.98 Å². The van der Waals surface area contributed by atoms with Gasteiger partial charge < -0.3 is 0 Å². The number of halogens is 3. The highest BCUT2D eigenvalue weighted by molar-refractivity contribution is 8.02. The van der Waals surface area contributed by atoms with Crippen LogP contribution in [0.15, 0.2) is 28.1 Å². The first-order valence-electron chi connectivity index (χ1n) is 3.72. The summed E-state index contributed by atoms with van der Waals surface area (Å²) in [4.78, 5) is 5.30. The van der Waals surface area contributed by atoms with Crippen LogP contribution in [-0.2, 0) is 5.88 Å². The van der Waals surface area contributed by atoms with Gasteiger partial charge in [0.1, 0.15) is 0 Å². The fraction of sp³-hybridized carbons (Fsp3) is 0.222. The van der Waals surface area contributed by atoms with Gasteiger partial charge in [-0.1, -0.05) is 23.4 Å². The highest BCUT2D eigenvalue weighted by Gasteiger charge is 2.02. The summed E-state index contributed by atoms with van der Waals surface area (Å²) in [5.41, 5.74) is 3.54. The highest BCUT2D eigenvalue weighted by atomic mass is 35.5. The maximum atomic E-state index is 5.72. The summed E-state index contributed by atoms with van der Waals surface area (Å²) in [6, 6.07) is 1.95. The van der Waals surface area contributed by atoms with E-state index in [1.54, 1.807) is 18.0 Å². The normalized spacial score (nSPS) is 10.2. The van der Waals surface area contributed by atoms with Gasteiger partial charge in [0.15, 0.2) is 0 Å². The fourth-order valence-electron chi connectivity index (χ4n) is 0.920. The van der Waals surface area contributed by atoms with Gasteiger partial charge in [-0.15, -0.1) is 24.0 Å². The molecule has 0 fully saturated rings. The second-order valence-corrected chi connectivity index (χ2v) is 3.86. The van der Waals surface area contributed by atoms with Crippen molar-refractivity contribution in [1.29, 1.82) is 0 Å². The predicted molar refractivity (Wildman–Crippen MR) is 66.6 cm³/mol. The van der Waals surface area contributed by atoms with E-state index in [-0.39, 0.29) is 12.4 Å². The summed E-state index contributed by atoms with van der Waals surface area (Å²) in [5, 5.41) is 1.82. The zero-order valence-corrected chi connectivity index (χ0v) is 10.7. The molecule has 0 N–H and O–H groups in total.